The van der Waals surface area contributed by atoms with E-state index in [1.165, 1.54) is 5.56 Å². The molecule has 4 aromatic rings. The topological polar surface area (TPSA) is 31.2 Å². The third-order valence-electron chi connectivity index (χ3n) is 6.09. The van der Waals surface area contributed by atoms with Crippen LogP contribution in [-0.4, -0.2) is 17.0 Å². The summed E-state index contributed by atoms with van der Waals surface area (Å²) in [6, 6.07) is 28.8. The van der Waals surface area contributed by atoms with Crippen molar-refractivity contribution >= 4 is 21.7 Å². The number of carbonyl (C=O) groups is 1. The summed E-state index contributed by atoms with van der Waals surface area (Å²) in [4.78, 5) is 13.3. The Hall–Kier alpha value is -3.11. The highest BCUT2D eigenvalue weighted by Crippen LogP contribution is 2.39. The lowest BCUT2D eigenvalue weighted by Gasteiger charge is -2.24. The fourth-order valence-electron chi connectivity index (χ4n) is 4.58. The predicted molar refractivity (Wildman–Crippen MR) is 132 cm³/mol. The molecule has 160 valence electrons. The zero-order chi connectivity index (χ0) is 22.1. The van der Waals surface area contributed by atoms with Gasteiger partial charge in [0.1, 0.15) is 5.75 Å². The maximum atomic E-state index is 13.3. The van der Waals surface area contributed by atoms with Gasteiger partial charge in [0.05, 0.1) is 12.3 Å². The van der Waals surface area contributed by atoms with Gasteiger partial charge in [0.2, 0.25) is 0 Å². The van der Waals surface area contributed by atoms with Gasteiger partial charge in [-0.3, -0.25) is 4.79 Å². The van der Waals surface area contributed by atoms with Gasteiger partial charge in [-0.15, -0.1) is 0 Å². The number of hydrogen-bond donors (Lipinski definition) is 0. The summed E-state index contributed by atoms with van der Waals surface area (Å²) in [7, 11) is 0. The number of carbonyl (C=O) groups excluding carboxylic acids is 1. The second kappa shape index (κ2) is 8.79. The number of fused-ring (bicyclic) bond motifs is 1. The summed E-state index contributed by atoms with van der Waals surface area (Å²) in [5.74, 6) is 1.24. The summed E-state index contributed by atoms with van der Waals surface area (Å²) >= 11 is 3.53. The van der Waals surface area contributed by atoms with E-state index < -0.39 is 0 Å². The first-order chi connectivity index (χ1) is 15.6. The maximum Gasteiger partial charge on any atom is 0.165 e. The van der Waals surface area contributed by atoms with Gasteiger partial charge in [-0.05, 0) is 72.9 Å². The van der Waals surface area contributed by atoms with Gasteiger partial charge < -0.3 is 9.30 Å². The predicted octanol–water partition coefficient (Wildman–Crippen LogP) is 7.22. The number of ether oxygens (including phenoxy) is 1. The summed E-state index contributed by atoms with van der Waals surface area (Å²) < 4.78 is 8.93. The van der Waals surface area contributed by atoms with Crippen LogP contribution >= 0.6 is 15.9 Å². The third-order valence-corrected chi connectivity index (χ3v) is 6.62. The van der Waals surface area contributed by atoms with Gasteiger partial charge in [0.15, 0.2) is 5.78 Å². The Balaban J connectivity index is 1.66. The standard InChI is InChI=1S/C28H24BrNO2/c1-2-32-24-14-12-23(13-15-24)30-26(20-8-10-22(29)11-9-20)18-25-27(30)16-21(17-28(25)31)19-6-4-3-5-7-19/h3-15,18,21H,2,16-17H2,1H3/t21-/m1/s1. The molecule has 1 aliphatic rings. The molecular formula is C28H24BrNO2. The molecule has 4 heteroatoms. The molecule has 0 bridgehead atoms. The minimum absolute atomic E-state index is 0.185. The number of rotatable bonds is 5. The van der Waals surface area contributed by atoms with E-state index in [0.717, 1.165) is 44.8 Å². The molecule has 3 aromatic carbocycles. The molecule has 1 heterocycles. The van der Waals surface area contributed by atoms with Crippen molar-refractivity contribution in [2.45, 2.75) is 25.7 Å². The number of halogens is 1. The number of ketones is 1. The van der Waals surface area contributed by atoms with Gasteiger partial charge in [0, 0.05) is 27.8 Å². The van der Waals surface area contributed by atoms with Crippen molar-refractivity contribution in [3.05, 3.63) is 106 Å². The highest BCUT2D eigenvalue weighted by molar-refractivity contribution is 9.10. The van der Waals surface area contributed by atoms with Gasteiger partial charge >= 0.3 is 0 Å². The Morgan fingerprint density at radius 2 is 1.66 bits per heavy atom. The van der Waals surface area contributed by atoms with Gasteiger partial charge in [0.25, 0.3) is 0 Å². The molecule has 0 aliphatic heterocycles. The summed E-state index contributed by atoms with van der Waals surface area (Å²) in [5.41, 5.74) is 6.29. The molecule has 0 unspecified atom stereocenters. The van der Waals surface area contributed by atoms with Crippen molar-refractivity contribution in [3.63, 3.8) is 0 Å². The Labute approximate surface area is 196 Å². The molecule has 3 nitrogen and oxygen atoms in total. The largest absolute Gasteiger partial charge is 0.494 e. The van der Waals surface area contributed by atoms with Crippen LogP contribution in [0.5, 0.6) is 5.75 Å². The second-order valence-electron chi connectivity index (χ2n) is 8.10. The van der Waals surface area contributed by atoms with Crippen molar-refractivity contribution in [3.8, 4) is 22.7 Å². The first-order valence-corrected chi connectivity index (χ1v) is 11.7. The van der Waals surface area contributed by atoms with Crippen LogP contribution < -0.4 is 4.74 Å². The Morgan fingerprint density at radius 1 is 0.938 bits per heavy atom. The zero-order valence-electron chi connectivity index (χ0n) is 17.9. The Morgan fingerprint density at radius 3 is 2.34 bits per heavy atom. The lowest BCUT2D eigenvalue weighted by Crippen LogP contribution is -2.20. The van der Waals surface area contributed by atoms with Crippen LogP contribution in [0.2, 0.25) is 0 Å². The molecule has 0 N–H and O–H groups in total. The molecule has 0 spiro atoms. The molecule has 0 saturated carbocycles. The second-order valence-corrected chi connectivity index (χ2v) is 9.01. The highest BCUT2D eigenvalue weighted by Gasteiger charge is 2.31. The number of aromatic nitrogens is 1. The van der Waals surface area contributed by atoms with Crippen LogP contribution in [0.1, 0.15) is 40.9 Å². The van der Waals surface area contributed by atoms with E-state index in [1.807, 2.05) is 49.4 Å². The fourth-order valence-corrected chi connectivity index (χ4v) is 4.84. The Kier molecular flexibility index (Phi) is 5.71. The van der Waals surface area contributed by atoms with E-state index in [9.17, 15) is 4.79 Å². The fraction of sp³-hybridized carbons (Fsp3) is 0.179. The highest BCUT2D eigenvalue weighted by atomic mass is 79.9. The van der Waals surface area contributed by atoms with Crippen LogP contribution in [0.15, 0.2) is 89.4 Å². The van der Waals surface area contributed by atoms with Crippen LogP contribution in [0, 0.1) is 0 Å². The van der Waals surface area contributed by atoms with Crippen LogP contribution in [0.3, 0.4) is 0 Å². The molecule has 0 amide bonds. The Bertz CT molecular complexity index is 1240. The van der Waals surface area contributed by atoms with Gasteiger partial charge in [-0.1, -0.05) is 58.4 Å². The van der Waals surface area contributed by atoms with Crippen molar-refractivity contribution in [2.75, 3.05) is 6.61 Å². The monoisotopic (exact) mass is 485 g/mol. The molecule has 0 fully saturated rings. The van der Waals surface area contributed by atoms with Crippen molar-refractivity contribution in [2.24, 2.45) is 0 Å². The van der Waals surface area contributed by atoms with E-state index in [2.05, 4.69) is 63.0 Å². The lowest BCUT2D eigenvalue weighted by molar-refractivity contribution is 0.0963. The molecule has 1 aliphatic carbocycles. The molecular weight excluding hydrogens is 462 g/mol. The molecule has 0 saturated heterocycles. The molecule has 1 atom stereocenters. The average molecular weight is 486 g/mol. The normalized spacial score (nSPS) is 15.4. The van der Waals surface area contributed by atoms with E-state index in [-0.39, 0.29) is 11.7 Å². The lowest BCUT2D eigenvalue weighted by atomic mass is 9.82. The number of Topliss-reactive ketones (excluding diaryl/α,β-unsaturated/α-hetero) is 1. The van der Waals surface area contributed by atoms with E-state index in [0.29, 0.717) is 13.0 Å². The number of hydrogen-bond acceptors (Lipinski definition) is 2. The first-order valence-electron chi connectivity index (χ1n) is 11.0. The minimum Gasteiger partial charge on any atom is -0.494 e. The van der Waals surface area contributed by atoms with E-state index in [1.54, 1.807) is 0 Å². The van der Waals surface area contributed by atoms with Gasteiger partial charge in [-0.2, -0.15) is 0 Å². The van der Waals surface area contributed by atoms with Crippen LogP contribution in [0.4, 0.5) is 0 Å². The smallest absolute Gasteiger partial charge is 0.165 e. The zero-order valence-corrected chi connectivity index (χ0v) is 19.5. The summed E-state index contributed by atoms with van der Waals surface area (Å²) in [6.45, 7) is 2.62. The minimum atomic E-state index is 0.185. The van der Waals surface area contributed by atoms with Crippen molar-refractivity contribution in [1.82, 2.24) is 4.57 Å². The van der Waals surface area contributed by atoms with E-state index >= 15 is 0 Å². The molecule has 1 aromatic heterocycles. The molecule has 5 rings (SSSR count). The molecule has 0 radical (unpaired) electrons. The van der Waals surface area contributed by atoms with Crippen LogP contribution in [0.25, 0.3) is 16.9 Å². The maximum absolute atomic E-state index is 13.3. The quantitative estimate of drug-likeness (QED) is 0.298. The van der Waals surface area contributed by atoms with Crippen LogP contribution in [-0.2, 0) is 6.42 Å². The van der Waals surface area contributed by atoms with Gasteiger partial charge in [-0.25, -0.2) is 0 Å². The van der Waals surface area contributed by atoms with Crippen molar-refractivity contribution < 1.29 is 9.53 Å². The summed E-state index contributed by atoms with van der Waals surface area (Å²) in [5, 5.41) is 0. The summed E-state index contributed by atoms with van der Waals surface area (Å²) in [6.07, 6.45) is 1.37. The average Bonchev–Trinajstić information content (AvgIpc) is 3.21. The third kappa shape index (κ3) is 3.91. The number of nitrogens with zero attached hydrogens (tertiary/aromatic N) is 1. The first kappa shape index (κ1) is 20.8. The van der Waals surface area contributed by atoms with Crippen molar-refractivity contribution in [1.29, 1.82) is 0 Å². The SMILES string of the molecule is CCOc1ccc(-n2c(-c3ccc(Br)cc3)cc3c2C[C@@H](c2ccccc2)CC3=O)cc1. The number of benzene rings is 3. The molecule has 32 heavy (non-hydrogen) atoms. The van der Waals surface area contributed by atoms with E-state index in [4.69, 9.17) is 4.74 Å².